The van der Waals surface area contributed by atoms with Crippen molar-refractivity contribution in [2.24, 2.45) is 0 Å². The lowest BCUT2D eigenvalue weighted by Gasteiger charge is -2.21. The molecule has 3 aromatic rings. The van der Waals surface area contributed by atoms with Crippen LogP contribution in [0, 0.1) is 0 Å². The van der Waals surface area contributed by atoms with E-state index in [9.17, 15) is 4.79 Å². The SMILES string of the molecule is O=C1CC(c2ccccc2)NCCCCN(c2nc3ccccc3s2)CCCN1. The number of nitrogens with one attached hydrogen (secondary N) is 2. The molecule has 1 fully saturated rings. The third kappa shape index (κ3) is 5.34. The first-order valence-corrected chi connectivity index (χ1v) is 11.3. The van der Waals surface area contributed by atoms with E-state index in [4.69, 9.17) is 4.98 Å². The molecule has 152 valence electrons. The van der Waals surface area contributed by atoms with Gasteiger partial charge in [0.15, 0.2) is 5.13 Å². The summed E-state index contributed by atoms with van der Waals surface area (Å²) in [5.74, 6) is 0.108. The number of para-hydroxylation sites is 1. The Kier molecular flexibility index (Phi) is 6.75. The van der Waals surface area contributed by atoms with Gasteiger partial charge in [0.05, 0.1) is 10.2 Å². The van der Waals surface area contributed by atoms with Crippen LogP contribution in [0.5, 0.6) is 0 Å². The molecule has 1 aromatic heterocycles. The summed E-state index contributed by atoms with van der Waals surface area (Å²) in [5.41, 5.74) is 2.24. The summed E-state index contributed by atoms with van der Waals surface area (Å²) in [4.78, 5) is 19.7. The average Bonchev–Trinajstić information content (AvgIpc) is 3.18. The van der Waals surface area contributed by atoms with E-state index in [2.05, 4.69) is 45.9 Å². The number of aromatic nitrogens is 1. The van der Waals surface area contributed by atoms with Crippen molar-refractivity contribution in [1.82, 2.24) is 15.6 Å². The lowest BCUT2D eigenvalue weighted by molar-refractivity contribution is -0.121. The van der Waals surface area contributed by atoms with Gasteiger partial charge in [-0.05, 0) is 43.5 Å². The molecule has 0 spiro atoms. The van der Waals surface area contributed by atoms with Crippen LogP contribution in [0.25, 0.3) is 10.2 Å². The van der Waals surface area contributed by atoms with E-state index in [1.54, 1.807) is 11.3 Å². The smallest absolute Gasteiger partial charge is 0.221 e. The molecule has 5 nitrogen and oxygen atoms in total. The molecule has 6 heteroatoms. The van der Waals surface area contributed by atoms with Crippen LogP contribution < -0.4 is 15.5 Å². The van der Waals surface area contributed by atoms with Crippen LogP contribution in [0.3, 0.4) is 0 Å². The van der Waals surface area contributed by atoms with Crippen LogP contribution in [0.2, 0.25) is 0 Å². The number of thiazole rings is 1. The number of carbonyl (C=O) groups is 1. The number of amides is 1. The van der Waals surface area contributed by atoms with Gasteiger partial charge >= 0.3 is 0 Å². The molecular weight excluding hydrogens is 380 g/mol. The predicted octanol–water partition coefficient (Wildman–Crippen LogP) is 4.12. The van der Waals surface area contributed by atoms with Gasteiger partial charge in [0.25, 0.3) is 0 Å². The van der Waals surface area contributed by atoms with Crippen molar-refractivity contribution in [3.8, 4) is 0 Å². The molecule has 1 saturated heterocycles. The molecule has 1 atom stereocenters. The molecule has 4 rings (SSSR count). The van der Waals surface area contributed by atoms with Crippen molar-refractivity contribution >= 4 is 32.6 Å². The van der Waals surface area contributed by atoms with Crippen LogP contribution in [0.15, 0.2) is 54.6 Å². The van der Waals surface area contributed by atoms with Crippen LogP contribution in [0.1, 0.15) is 37.3 Å². The van der Waals surface area contributed by atoms with Crippen molar-refractivity contribution in [3.63, 3.8) is 0 Å². The van der Waals surface area contributed by atoms with Gasteiger partial charge in [-0.2, -0.15) is 0 Å². The molecule has 2 aromatic carbocycles. The number of nitrogens with zero attached hydrogens (tertiary/aromatic N) is 2. The minimum atomic E-state index is 0.0670. The fourth-order valence-corrected chi connectivity index (χ4v) is 4.77. The Balaban J connectivity index is 1.43. The van der Waals surface area contributed by atoms with Crippen LogP contribution in [-0.4, -0.2) is 37.1 Å². The molecule has 1 amide bonds. The summed E-state index contributed by atoms with van der Waals surface area (Å²) >= 11 is 1.76. The molecule has 0 saturated carbocycles. The van der Waals surface area contributed by atoms with E-state index >= 15 is 0 Å². The highest BCUT2D eigenvalue weighted by Crippen LogP contribution is 2.29. The highest BCUT2D eigenvalue weighted by molar-refractivity contribution is 7.22. The normalized spacial score (nSPS) is 19.8. The quantitative estimate of drug-likeness (QED) is 0.670. The van der Waals surface area contributed by atoms with E-state index in [-0.39, 0.29) is 11.9 Å². The molecule has 0 aliphatic carbocycles. The summed E-state index contributed by atoms with van der Waals surface area (Å²) in [6.07, 6.45) is 3.58. The maximum Gasteiger partial charge on any atom is 0.221 e. The first-order valence-electron chi connectivity index (χ1n) is 10.4. The number of hydrogen-bond acceptors (Lipinski definition) is 5. The predicted molar refractivity (Wildman–Crippen MR) is 120 cm³/mol. The number of carbonyl (C=O) groups excluding carboxylic acids is 1. The van der Waals surface area contributed by atoms with Gasteiger partial charge in [0, 0.05) is 32.1 Å². The number of benzene rings is 2. The topological polar surface area (TPSA) is 57.3 Å². The number of hydrogen-bond donors (Lipinski definition) is 2. The number of rotatable bonds is 2. The Bertz CT molecular complexity index is 894. The highest BCUT2D eigenvalue weighted by atomic mass is 32.1. The van der Waals surface area contributed by atoms with Crippen molar-refractivity contribution in [2.45, 2.75) is 31.7 Å². The lowest BCUT2D eigenvalue weighted by Crippen LogP contribution is -2.32. The summed E-state index contributed by atoms with van der Waals surface area (Å²) in [5, 5.41) is 7.77. The first-order chi connectivity index (χ1) is 14.3. The van der Waals surface area contributed by atoms with Crippen LogP contribution in [-0.2, 0) is 4.79 Å². The van der Waals surface area contributed by atoms with Crippen molar-refractivity contribution in [3.05, 3.63) is 60.2 Å². The molecular formula is C23H28N4OS. The lowest BCUT2D eigenvalue weighted by atomic mass is 10.0. The standard InChI is InChI=1S/C23H28N4OS/c28-22-17-20(18-9-2-1-3-10-18)24-13-6-7-15-27(16-8-14-25-22)23-26-19-11-4-5-12-21(19)29-23/h1-5,9-12,20,24H,6-8,13-17H2,(H,25,28). The van der Waals surface area contributed by atoms with Crippen LogP contribution in [0.4, 0.5) is 5.13 Å². The van der Waals surface area contributed by atoms with Gasteiger partial charge in [-0.1, -0.05) is 53.8 Å². The monoisotopic (exact) mass is 408 g/mol. The van der Waals surface area contributed by atoms with Crippen molar-refractivity contribution < 1.29 is 4.79 Å². The second kappa shape index (κ2) is 9.85. The first kappa shape index (κ1) is 19.9. The minimum absolute atomic E-state index is 0.0670. The van der Waals surface area contributed by atoms with Gasteiger partial charge in [0.1, 0.15) is 0 Å². The van der Waals surface area contributed by atoms with Gasteiger partial charge in [-0.25, -0.2) is 4.98 Å². The fraction of sp³-hybridized carbons (Fsp3) is 0.391. The zero-order valence-electron chi connectivity index (χ0n) is 16.6. The maximum absolute atomic E-state index is 12.5. The molecule has 1 aliphatic heterocycles. The van der Waals surface area contributed by atoms with E-state index in [1.165, 1.54) is 10.3 Å². The molecule has 1 unspecified atom stereocenters. The second-order valence-corrected chi connectivity index (χ2v) is 8.49. The van der Waals surface area contributed by atoms with E-state index in [0.29, 0.717) is 13.0 Å². The van der Waals surface area contributed by atoms with Crippen molar-refractivity contribution in [1.29, 1.82) is 0 Å². The third-order valence-corrected chi connectivity index (χ3v) is 6.41. The fourth-order valence-electron chi connectivity index (χ4n) is 3.75. The second-order valence-electron chi connectivity index (χ2n) is 7.48. The van der Waals surface area contributed by atoms with Gasteiger partial charge in [-0.3, -0.25) is 4.79 Å². The summed E-state index contributed by atoms with van der Waals surface area (Å²) in [7, 11) is 0. The van der Waals surface area contributed by atoms with Crippen molar-refractivity contribution in [2.75, 3.05) is 31.1 Å². The Morgan fingerprint density at radius 3 is 2.59 bits per heavy atom. The molecule has 0 bridgehead atoms. The van der Waals surface area contributed by atoms with Crippen LogP contribution >= 0.6 is 11.3 Å². The molecule has 29 heavy (non-hydrogen) atoms. The average molecular weight is 409 g/mol. The highest BCUT2D eigenvalue weighted by Gasteiger charge is 2.17. The zero-order chi connectivity index (χ0) is 19.9. The van der Waals surface area contributed by atoms with Gasteiger partial charge < -0.3 is 15.5 Å². The van der Waals surface area contributed by atoms with E-state index in [1.807, 2.05) is 24.3 Å². The molecule has 2 N–H and O–H groups in total. The van der Waals surface area contributed by atoms with Gasteiger partial charge in [0.2, 0.25) is 5.91 Å². The van der Waals surface area contributed by atoms with Gasteiger partial charge in [-0.15, -0.1) is 0 Å². The summed E-state index contributed by atoms with van der Waals surface area (Å²) < 4.78 is 1.23. The largest absolute Gasteiger partial charge is 0.356 e. The summed E-state index contributed by atoms with van der Waals surface area (Å²) in [6.45, 7) is 3.50. The minimum Gasteiger partial charge on any atom is -0.356 e. The van der Waals surface area contributed by atoms with E-state index in [0.717, 1.165) is 49.5 Å². The Morgan fingerprint density at radius 1 is 0.931 bits per heavy atom. The molecule has 1 aliphatic rings. The Hall–Kier alpha value is -2.44. The van der Waals surface area contributed by atoms with E-state index < -0.39 is 0 Å². The Labute approximate surface area is 176 Å². The molecule has 2 heterocycles. The Morgan fingerprint density at radius 2 is 1.72 bits per heavy atom. The number of fused-ring (bicyclic) bond motifs is 1. The number of anilines is 1. The zero-order valence-corrected chi connectivity index (χ0v) is 17.5. The summed E-state index contributed by atoms with van der Waals surface area (Å²) in [6, 6.07) is 18.6. The molecule has 0 radical (unpaired) electrons. The maximum atomic E-state index is 12.5. The third-order valence-electron chi connectivity index (χ3n) is 5.32.